The third-order valence-corrected chi connectivity index (χ3v) is 13.6. The van der Waals surface area contributed by atoms with Gasteiger partial charge in [0, 0.05) is 0 Å². The summed E-state index contributed by atoms with van der Waals surface area (Å²) >= 11 is -4.41. The summed E-state index contributed by atoms with van der Waals surface area (Å²) in [5.41, 5.74) is -0.787. The average Bonchev–Trinajstić information content (AvgIpc) is 2.38. The molecule has 0 radical (unpaired) electrons. The van der Waals surface area contributed by atoms with Crippen molar-refractivity contribution in [3.8, 4) is 0 Å². The Balaban J connectivity index is 5.46. The quantitative estimate of drug-likeness (QED) is 0.405. The van der Waals surface area contributed by atoms with E-state index >= 15 is 0 Å². The van der Waals surface area contributed by atoms with Crippen LogP contribution in [0.5, 0.6) is 0 Å². The number of hydrogen-bond acceptors (Lipinski definition) is 6. The van der Waals surface area contributed by atoms with Crippen molar-refractivity contribution in [2.75, 3.05) is 41.4 Å². The van der Waals surface area contributed by atoms with Crippen LogP contribution in [0.1, 0.15) is 55.4 Å². The van der Waals surface area contributed by atoms with Gasteiger partial charge >= 0.3 is 163 Å². The standard InChI is InChI=1S/2C5H12NO.2C4H9O.Hf/c2*1-5(4-7)6(2)3;2*1-4(2,3)5;/h2*5H,4H2,1-3H3;2*1-3H3;/q4*-1;+4. The fourth-order valence-electron chi connectivity index (χ4n) is 1.67. The van der Waals surface area contributed by atoms with E-state index in [1.54, 1.807) is 0 Å². The molecule has 25 heavy (non-hydrogen) atoms. The molecule has 0 bridgehead atoms. The summed E-state index contributed by atoms with van der Waals surface area (Å²) in [6, 6.07) is 0.503. The Morgan fingerprint density at radius 2 is 0.960 bits per heavy atom. The van der Waals surface area contributed by atoms with E-state index in [4.69, 9.17) is 11.4 Å². The van der Waals surface area contributed by atoms with Crippen LogP contribution in [0.3, 0.4) is 0 Å². The molecule has 0 aromatic heterocycles. The van der Waals surface area contributed by atoms with Gasteiger partial charge in [0.05, 0.1) is 0 Å². The van der Waals surface area contributed by atoms with Crippen LogP contribution in [0.4, 0.5) is 0 Å². The summed E-state index contributed by atoms with van der Waals surface area (Å²) in [6.45, 7) is 17.4. The molecule has 0 aromatic rings. The van der Waals surface area contributed by atoms with Gasteiger partial charge in [-0.25, -0.2) is 0 Å². The van der Waals surface area contributed by atoms with E-state index in [1.807, 2.05) is 69.7 Å². The number of rotatable bonds is 10. The molecule has 0 aliphatic rings. The van der Waals surface area contributed by atoms with Crippen molar-refractivity contribution in [1.29, 1.82) is 0 Å². The van der Waals surface area contributed by atoms with E-state index in [0.29, 0.717) is 13.2 Å². The molecule has 2 atom stereocenters. The van der Waals surface area contributed by atoms with Crippen molar-refractivity contribution in [3.05, 3.63) is 0 Å². The molecule has 6 nitrogen and oxygen atoms in total. The zero-order valence-electron chi connectivity index (χ0n) is 18.6. The number of nitrogens with zero attached hydrogens (tertiary/aromatic N) is 2. The molecular weight excluding hydrogens is 487 g/mol. The van der Waals surface area contributed by atoms with Crippen LogP contribution in [0.2, 0.25) is 0 Å². The molecule has 0 fully saturated rings. The Hall–Kier alpha value is 0.630. The molecule has 0 aliphatic carbocycles. The molecule has 0 heterocycles. The SMILES string of the molecule is CC(C[O][Hf]([O]CC(C)N(C)C)([O]C(C)(C)C)[O]C(C)(C)C)N(C)C. The van der Waals surface area contributed by atoms with Gasteiger partial charge in [-0.3, -0.25) is 0 Å². The Bertz CT molecular complexity index is 342. The summed E-state index contributed by atoms with van der Waals surface area (Å²) in [5, 5.41) is 0. The van der Waals surface area contributed by atoms with Gasteiger partial charge in [-0.05, 0) is 0 Å². The van der Waals surface area contributed by atoms with Crippen LogP contribution in [-0.2, 0) is 33.1 Å². The van der Waals surface area contributed by atoms with Gasteiger partial charge in [0.15, 0.2) is 0 Å². The normalized spacial score (nSPS) is 16.6. The molecule has 2 unspecified atom stereocenters. The van der Waals surface area contributed by atoms with Crippen LogP contribution in [0.15, 0.2) is 0 Å². The van der Waals surface area contributed by atoms with Gasteiger partial charge in [0.2, 0.25) is 0 Å². The molecule has 0 saturated carbocycles. The van der Waals surface area contributed by atoms with E-state index in [1.165, 1.54) is 0 Å². The minimum absolute atomic E-state index is 0.251. The summed E-state index contributed by atoms with van der Waals surface area (Å²) < 4.78 is 25.4. The molecule has 0 aliphatic heterocycles. The van der Waals surface area contributed by atoms with Crippen molar-refractivity contribution in [2.45, 2.75) is 78.7 Å². The molecule has 0 amide bonds. The van der Waals surface area contributed by atoms with Crippen LogP contribution in [0.25, 0.3) is 0 Å². The zero-order chi connectivity index (χ0) is 20.1. The molecule has 0 rings (SSSR count). The van der Waals surface area contributed by atoms with E-state index < -0.39 is 32.9 Å². The maximum atomic E-state index is 6.38. The first-order valence-corrected chi connectivity index (χ1v) is 14.9. The predicted molar refractivity (Wildman–Crippen MR) is 99.9 cm³/mol. The van der Waals surface area contributed by atoms with Gasteiger partial charge in [0.1, 0.15) is 0 Å². The Labute approximate surface area is 162 Å². The van der Waals surface area contributed by atoms with Crippen LogP contribution >= 0.6 is 0 Å². The minimum atomic E-state index is -4.41. The molecule has 0 N–H and O–H groups in total. The summed E-state index contributed by atoms with van der Waals surface area (Å²) in [7, 11) is 8.15. The van der Waals surface area contributed by atoms with E-state index in [2.05, 4.69) is 23.6 Å². The third kappa shape index (κ3) is 11.8. The molecule has 152 valence electrons. The number of likely N-dealkylation sites (N-methyl/N-ethyl adjacent to an activating group) is 2. The van der Waals surface area contributed by atoms with E-state index in [0.717, 1.165) is 0 Å². The van der Waals surface area contributed by atoms with E-state index in [-0.39, 0.29) is 12.1 Å². The van der Waals surface area contributed by atoms with Gasteiger partial charge in [-0.1, -0.05) is 0 Å². The van der Waals surface area contributed by atoms with Crippen LogP contribution < -0.4 is 0 Å². The van der Waals surface area contributed by atoms with Crippen LogP contribution in [0, 0.1) is 0 Å². The molecule has 0 aromatic carbocycles. The van der Waals surface area contributed by atoms with Crippen molar-refractivity contribution in [1.82, 2.24) is 9.80 Å². The molecule has 0 saturated heterocycles. The second-order valence-corrected chi connectivity index (χ2v) is 16.3. The molecular formula is C18H42HfN2O4. The predicted octanol–water partition coefficient (Wildman–Crippen LogP) is 3.36. The monoisotopic (exact) mass is 530 g/mol. The average molecular weight is 529 g/mol. The van der Waals surface area contributed by atoms with Gasteiger partial charge in [-0.2, -0.15) is 0 Å². The zero-order valence-corrected chi connectivity index (χ0v) is 22.2. The summed E-state index contributed by atoms with van der Waals surface area (Å²) in [5.74, 6) is 0. The van der Waals surface area contributed by atoms with Crippen molar-refractivity contribution in [2.24, 2.45) is 0 Å². The van der Waals surface area contributed by atoms with Crippen molar-refractivity contribution >= 4 is 0 Å². The van der Waals surface area contributed by atoms with Crippen molar-refractivity contribution in [3.63, 3.8) is 0 Å². The second kappa shape index (κ2) is 10.2. The molecule has 7 heteroatoms. The first kappa shape index (κ1) is 25.6. The maximum absolute atomic E-state index is 6.38. The third-order valence-electron chi connectivity index (χ3n) is 3.63. The first-order chi connectivity index (χ1) is 11.1. The van der Waals surface area contributed by atoms with Crippen molar-refractivity contribution < 1.29 is 33.1 Å². The first-order valence-electron chi connectivity index (χ1n) is 9.08. The van der Waals surface area contributed by atoms with Crippen LogP contribution in [-0.4, -0.2) is 74.5 Å². The summed E-state index contributed by atoms with van der Waals surface area (Å²) in [6.07, 6.45) is 0. The number of hydrogen-bond donors (Lipinski definition) is 0. The fourth-order valence-corrected chi connectivity index (χ4v) is 11.6. The topological polar surface area (TPSA) is 43.4 Å². The Morgan fingerprint density at radius 1 is 0.680 bits per heavy atom. The Kier molecular flexibility index (Phi) is 10.5. The van der Waals surface area contributed by atoms with Gasteiger partial charge in [0.25, 0.3) is 0 Å². The fraction of sp³-hybridized carbons (Fsp3) is 1.00. The summed E-state index contributed by atoms with van der Waals surface area (Å²) in [4.78, 5) is 4.24. The van der Waals surface area contributed by atoms with Gasteiger partial charge < -0.3 is 0 Å². The second-order valence-electron chi connectivity index (χ2n) is 9.18. The van der Waals surface area contributed by atoms with Gasteiger partial charge in [-0.15, -0.1) is 0 Å². The molecule has 0 spiro atoms. The van der Waals surface area contributed by atoms with E-state index in [9.17, 15) is 0 Å². The Morgan fingerprint density at radius 3 is 1.16 bits per heavy atom.